The Kier molecular flexibility index (Phi) is 4.22. The molecule has 1 fully saturated rings. The molecule has 0 aliphatic carbocycles. The van der Waals surface area contributed by atoms with Gasteiger partial charge in [0, 0.05) is 31.0 Å². The summed E-state index contributed by atoms with van der Waals surface area (Å²) in [5.41, 5.74) is 2.96. The number of carbonyl (C=O) groups excluding carboxylic acids is 1. The normalized spacial score (nSPS) is 16.4. The maximum Gasteiger partial charge on any atom is 0.335 e. The fourth-order valence-corrected chi connectivity index (χ4v) is 4.52. The highest BCUT2D eigenvalue weighted by molar-refractivity contribution is 6.10. The Labute approximate surface area is 173 Å². The second kappa shape index (κ2) is 6.81. The molecule has 0 amide bonds. The van der Waals surface area contributed by atoms with Gasteiger partial charge >= 0.3 is 5.97 Å². The van der Waals surface area contributed by atoms with Crippen molar-refractivity contribution < 1.29 is 19.4 Å². The van der Waals surface area contributed by atoms with Crippen LogP contribution in [0.3, 0.4) is 0 Å². The van der Waals surface area contributed by atoms with Crippen LogP contribution in [-0.4, -0.2) is 39.7 Å². The number of carbonyl (C=O) groups is 2. The fourth-order valence-electron chi connectivity index (χ4n) is 4.52. The molecule has 0 unspecified atom stereocenters. The zero-order chi connectivity index (χ0) is 20.9. The average Bonchev–Trinajstić information content (AvgIpc) is 3.12. The molecule has 3 aromatic rings. The predicted octanol–water partition coefficient (Wildman–Crippen LogP) is 2.99. The summed E-state index contributed by atoms with van der Waals surface area (Å²) in [5, 5.41) is 17.1. The van der Waals surface area contributed by atoms with Crippen molar-refractivity contribution in [2.45, 2.75) is 18.4 Å². The van der Waals surface area contributed by atoms with Gasteiger partial charge in [0.05, 0.1) is 16.8 Å². The van der Waals surface area contributed by atoms with E-state index >= 15 is 0 Å². The number of carboxylic acid groups (broad SMARTS) is 1. The van der Waals surface area contributed by atoms with Crippen LogP contribution in [0.15, 0.2) is 48.5 Å². The van der Waals surface area contributed by atoms with Gasteiger partial charge in [0.1, 0.15) is 17.0 Å². The van der Waals surface area contributed by atoms with E-state index in [1.54, 1.807) is 16.8 Å². The number of hydrogen-bond donors (Lipinski definition) is 2. The lowest BCUT2D eigenvalue weighted by Gasteiger charge is -2.42. The maximum absolute atomic E-state index is 13.5. The number of nitrogens with one attached hydrogen (secondary N) is 1. The number of ether oxygens (including phenoxy) is 1. The monoisotopic (exact) mass is 403 g/mol. The van der Waals surface area contributed by atoms with E-state index < -0.39 is 11.6 Å². The largest absolute Gasteiger partial charge is 0.482 e. The number of aromatic carboxylic acids is 1. The first-order valence-corrected chi connectivity index (χ1v) is 9.95. The van der Waals surface area contributed by atoms with Gasteiger partial charge in [0.25, 0.3) is 0 Å². The summed E-state index contributed by atoms with van der Waals surface area (Å²) in [4.78, 5) is 24.6. The second-order valence-electron chi connectivity index (χ2n) is 7.75. The first kappa shape index (κ1) is 18.6. The summed E-state index contributed by atoms with van der Waals surface area (Å²) in [5.74, 6) is -0.452. The van der Waals surface area contributed by atoms with E-state index in [0.717, 1.165) is 48.5 Å². The van der Waals surface area contributed by atoms with Crippen LogP contribution in [0, 0.1) is 0 Å². The molecule has 0 saturated carbocycles. The van der Waals surface area contributed by atoms with E-state index in [0.29, 0.717) is 11.3 Å². The van der Waals surface area contributed by atoms with Crippen molar-refractivity contribution in [3.8, 4) is 17.0 Å². The maximum atomic E-state index is 13.5. The molecule has 0 atom stereocenters. The number of ketones is 1. The van der Waals surface area contributed by atoms with Crippen LogP contribution in [0.5, 0.6) is 5.75 Å². The molecule has 30 heavy (non-hydrogen) atoms. The number of para-hydroxylation sites is 1. The van der Waals surface area contributed by atoms with E-state index in [-0.39, 0.29) is 11.3 Å². The zero-order valence-corrected chi connectivity index (χ0v) is 16.5. The summed E-state index contributed by atoms with van der Waals surface area (Å²) in [6.07, 6.45) is 1.47. The molecule has 2 aliphatic heterocycles. The van der Waals surface area contributed by atoms with Crippen LogP contribution in [-0.2, 0) is 12.6 Å². The molecule has 0 radical (unpaired) electrons. The van der Waals surface area contributed by atoms with Gasteiger partial charge in [-0.1, -0.05) is 24.3 Å². The van der Waals surface area contributed by atoms with Crippen molar-refractivity contribution in [2.24, 2.45) is 7.05 Å². The van der Waals surface area contributed by atoms with Gasteiger partial charge in [-0.25, -0.2) is 4.79 Å². The lowest BCUT2D eigenvalue weighted by atomic mass is 9.79. The summed E-state index contributed by atoms with van der Waals surface area (Å²) in [6.45, 7) is 1.58. The fraction of sp³-hybridized carbons (Fsp3) is 0.261. The van der Waals surface area contributed by atoms with Crippen molar-refractivity contribution in [1.29, 1.82) is 0 Å². The molecule has 2 aromatic carbocycles. The van der Waals surface area contributed by atoms with Crippen molar-refractivity contribution in [2.75, 3.05) is 13.1 Å². The van der Waals surface area contributed by atoms with Gasteiger partial charge in [-0.2, -0.15) is 5.10 Å². The number of aromatic nitrogens is 2. The average molecular weight is 403 g/mol. The summed E-state index contributed by atoms with van der Waals surface area (Å²) < 4.78 is 8.32. The molecule has 2 aliphatic rings. The van der Waals surface area contributed by atoms with Gasteiger partial charge in [0.2, 0.25) is 5.78 Å². The summed E-state index contributed by atoms with van der Waals surface area (Å²) >= 11 is 0. The number of hydrogen-bond acceptors (Lipinski definition) is 5. The molecule has 1 aromatic heterocycles. The first-order chi connectivity index (χ1) is 14.5. The number of benzene rings is 2. The molecule has 0 bridgehead atoms. The van der Waals surface area contributed by atoms with Crippen molar-refractivity contribution in [3.63, 3.8) is 0 Å². The van der Waals surface area contributed by atoms with Crippen LogP contribution in [0.2, 0.25) is 0 Å². The molecule has 7 nitrogen and oxygen atoms in total. The van der Waals surface area contributed by atoms with Gasteiger partial charge in [-0.05, 0) is 37.4 Å². The Morgan fingerprint density at radius 2 is 1.73 bits per heavy atom. The Bertz CT molecular complexity index is 1160. The smallest absolute Gasteiger partial charge is 0.335 e. The Balaban J connectivity index is 1.68. The number of fused-ring (bicyclic) bond motifs is 4. The van der Waals surface area contributed by atoms with Gasteiger partial charge in [-0.3, -0.25) is 9.48 Å². The van der Waals surface area contributed by atoms with Crippen molar-refractivity contribution >= 4 is 11.8 Å². The SMILES string of the molecule is Cn1nc(C(=O)c2ccc(C(=O)O)cc2)c2c1-c1ccccc1OC21CCNCC1. The summed E-state index contributed by atoms with van der Waals surface area (Å²) in [6, 6.07) is 13.8. The Morgan fingerprint density at radius 1 is 1.07 bits per heavy atom. The van der Waals surface area contributed by atoms with Gasteiger partial charge in [-0.15, -0.1) is 0 Å². The van der Waals surface area contributed by atoms with Crippen LogP contribution in [0.4, 0.5) is 0 Å². The van der Waals surface area contributed by atoms with E-state index in [2.05, 4.69) is 10.4 Å². The van der Waals surface area contributed by atoms with E-state index in [1.165, 1.54) is 12.1 Å². The number of nitrogens with zero attached hydrogens (tertiary/aromatic N) is 2. The third kappa shape index (κ3) is 2.74. The van der Waals surface area contributed by atoms with Gasteiger partial charge in [0.15, 0.2) is 0 Å². The van der Waals surface area contributed by atoms with Crippen LogP contribution >= 0.6 is 0 Å². The topological polar surface area (TPSA) is 93.5 Å². The molecule has 1 spiro atoms. The molecule has 5 rings (SSSR count). The van der Waals surface area contributed by atoms with Crippen LogP contribution in [0.1, 0.15) is 44.8 Å². The molecule has 3 heterocycles. The molecular weight excluding hydrogens is 382 g/mol. The van der Waals surface area contributed by atoms with Gasteiger partial charge < -0.3 is 15.2 Å². The Hall–Kier alpha value is -3.45. The minimum Gasteiger partial charge on any atom is -0.482 e. The molecule has 1 saturated heterocycles. The van der Waals surface area contributed by atoms with Crippen LogP contribution in [0.25, 0.3) is 11.3 Å². The molecular formula is C23H21N3O4. The van der Waals surface area contributed by atoms with E-state index in [4.69, 9.17) is 9.84 Å². The lowest BCUT2D eigenvalue weighted by molar-refractivity contribution is 0.0298. The van der Waals surface area contributed by atoms with E-state index in [1.807, 2.05) is 31.3 Å². The minimum absolute atomic E-state index is 0.140. The quantitative estimate of drug-likeness (QED) is 0.653. The Morgan fingerprint density at radius 3 is 2.43 bits per heavy atom. The summed E-state index contributed by atoms with van der Waals surface area (Å²) in [7, 11) is 1.85. The molecule has 7 heteroatoms. The number of piperidine rings is 1. The zero-order valence-electron chi connectivity index (χ0n) is 16.5. The minimum atomic E-state index is -1.03. The van der Waals surface area contributed by atoms with Crippen molar-refractivity contribution in [3.05, 3.63) is 70.9 Å². The second-order valence-corrected chi connectivity index (χ2v) is 7.75. The predicted molar refractivity (Wildman–Crippen MR) is 110 cm³/mol. The third-order valence-corrected chi connectivity index (χ3v) is 5.97. The number of aryl methyl sites for hydroxylation is 1. The van der Waals surface area contributed by atoms with Crippen LogP contribution < -0.4 is 10.1 Å². The standard InChI is InChI=1S/C23H21N3O4/c1-26-20-16-4-2-3-5-17(16)30-23(10-12-24-13-11-23)18(20)19(25-26)21(27)14-6-8-15(9-7-14)22(28)29/h2-9,24H,10-13H2,1H3,(H,28,29). The number of carboxylic acids is 1. The highest BCUT2D eigenvalue weighted by atomic mass is 16.5. The number of rotatable bonds is 3. The highest BCUT2D eigenvalue weighted by Gasteiger charge is 2.47. The van der Waals surface area contributed by atoms with E-state index in [9.17, 15) is 9.59 Å². The molecule has 152 valence electrons. The molecule has 2 N–H and O–H groups in total. The van der Waals surface area contributed by atoms with Crippen molar-refractivity contribution in [1.82, 2.24) is 15.1 Å². The third-order valence-electron chi connectivity index (χ3n) is 5.97. The lowest BCUT2D eigenvalue weighted by Crippen LogP contribution is -2.46. The first-order valence-electron chi connectivity index (χ1n) is 9.95. The highest BCUT2D eigenvalue weighted by Crippen LogP contribution is 2.50.